The van der Waals surface area contributed by atoms with E-state index in [4.69, 9.17) is 0 Å². The third kappa shape index (κ3) is 7.79. The Bertz CT molecular complexity index is 1240. The van der Waals surface area contributed by atoms with Crippen LogP contribution in [0.5, 0.6) is 0 Å². The Labute approximate surface area is 214 Å². The minimum Gasteiger partial charge on any atom is -0.468 e. The van der Waals surface area contributed by atoms with Gasteiger partial charge in [-0.25, -0.2) is 38.0 Å². The van der Waals surface area contributed by atoms with Gasteiger partial charge in [0.25, 0.3) is 10.0 Å². The van der Waals surface area contributed by atoms with Crippen molar-refractivity contribution in [3.8, 4) is 0 Å². The molecule has 2 rings (SSSR count). The molecule has 2 amide bonds. The lowest BCUT2D eigenvalue weighted by Gasteiger charge is -2.29. The molecule has 0 spiro atoms. The van der Waals surface area contributed by atoms with Crippen LogP contribution < -0.4 is 20.9 Å². The van der Waals surface area contributed by atoms with Crippen molar-refractivity contribution in [3.05, 3.63) is 35.7 Å². The summed E-state index contributed by atoms with van der Waals surface area (Å²) in [6.07, 6.45) is -3.25. The van der Waals surface area contributed by atoms with Gasteiger partial charge < -0.3 is 24.4 Å². The number of hydrazone groups is 1. The van der Waals surface area contributed by atoms with E-state index in [0.29, 0.717) is 5.23 Å². The summed E-state index contributed by atoms with van der Waals surface area (Å²) < 4.78 is 80.4. The maximum atomic E-state index is 13.4. The summed E-state index contributed by atoms with van der Waals surface area (Å²) in [6, 6.07) is 2.12. The Morgan fingerprint density at radius 2 is 1.87 bits per heavy atom. The predicted octanol–water partition coefficient (Wildman–Crippen LogP) is 0.0766. The van der Waals surface area contributed by atoms with E-state index >= 15 is 0 Å². The molecule has 0 atom stereocenters. The largest absolute Gasteiger partial charge is 0.468 e. The lowest BCUT2D eigenvalue weighted by Crippen LogP contribution is -2.54. The van der Waals surface area contributed by atoms with Gasteiger partial charge in [0.1, 0.15) is 11.4 Å². The molecule has 1 aromatic rings. The minimum absolute atomic E-state index is 0.0677. The maximum absolute atomic E-state index is 13.4. The molecule has 0 unspecified atom stereocenters. The number of ether oxygens (including phenoxy) is 3. The molecule has 0 aromatic heterocycles. The molecule has 1 heterocycles. The van der Waals surface area contributed by atoms with Crippen molar-refractivity contribution in [1.29, 1.82) is 0 Å². The molecule has 1 aliphatic rings. The second kappa shape index (κ2) is 12.2. The molecule has 210 valence electrons. The SMILES string of the molecule is COC(=O)CNc1cccc(C(=O)OC)c1S(=O)(=O)NC(=O)NN1N=C(N(C)C)C=C(OC(F)(F)CF)N1. The highest BCUT2D eigenvalue weighted by atomic mass is 32.2. The fourth-order valence-corrected chi connectivity index (χ4v) is 3.95. The Morgan fingerprint density at radius 3 is 2.45 bits per heavy atom. The van der Waals surface area contributed by atoms with E-state index in [2.05, 4.69) is 30.1 Å². The van der Waals surface area contributed by atoms with Gasteiger partial charge in [-0.15, -0.1) is 10.3 Å². The van der Waals surface area contributed by atoms with Crippen molar-refractivity contribution >= 4 is 39.5 Å². The molecule has 0 saturated heterocycles. The smallest absolute Gasteiger partial charge is 0.428 e. The van der Waals surface area contributed by atoms with Gasteiger partial charge in [-0.2, -0.15) is 8.78 Å². The van der Waals surface area contributed by atoms with Crippen LogP contribution in [-0.4, -0.2) is 90.0 Å². The van der Waals surface area contributed by atoms with Gasteiger partial charge in [-0.1, -0.05) is 6.07 Å². The number of hydrogen-bond donors (Lipinski definition) is 4. The number of benzene rings is 1. The van der Waals surface area contributed by atoms with Gasteiger partial charge in [0, 0.05) is 20.2 Å². The second-order valence-electron chi connectivity index (χ2n) is 7.31. The standard InChI is InChI=1S/C19H24F3N7O8S/c1-28(2)13-8-14(37-19(21,22)10-20)25-29(24-13)26-18(32)27-38(33,34)16-11(17(31)36-4)6-5-7-12(16)23-9-15(30)35-3/h5-8,23,25H,9-10H2,1-4H3,(H2,26,27,32). The number of rotatable bonds is 10. The monoisotopic (exact) mass is 567 g/mol. The number of sulfonamides is 1. The van der Waals surface area contributed by atoms with Crippen molar-refractivity contribution in [1.82, 2.24) is 25.7 Å². The average molecular weight is 568 g/mol. The number of amidine groups is 1. The molecule has 0 aliphatic carbocycles. The number of amides is 2. The topological polar surface area (TPSA) is 180 Å². The zero-order valence-electron chi connectivity index (χ0n) is 20.4. The van der Waals surface area contributed by atoms with Crippen LogP contribution in [0.25, 0.3) is 0 Å². The quantitative estimate of drug-likeness (QED) is 0.280. The zero-order chi connectivity index (χ0) is 28.7. The van der Waals surface area contributed by atoms with Crippen LogP contribution in [0.3, 0.4) is 0 Å². The van der Waals surface area contributed by atoms with Crippen molar-refractivity contribution in [2.24, 2.45) is 5.10 Å². The van der Waals surface area contributed by atoms with Crippen molar-refractivity contribution < 1.29 is 50.2 Å². The maximum Gasteiger partial charge on any atom is 0.428 e. The first-order valence-electron chi connectivity index (χ1n) is 10.3. The number of carbonyl (C=O) groups is 3. The van der Waals surface area contributed by atoms with Crippen molar-refractivity contribution in [3.63, 3.8) is 0 Å². The van der Waals surface area contributed by atoms with E-state index in [9.17, 15) is 36.0 Å². The first-order valence-corrected chi connectivity index (χ1v) is 11.7. The average Bonchev–Trinajstić information content (AvgIpc) is 2.85. The third-order valence-electron chi connectivity index (χ3n) is 4.33. The summed E-state index contributed by atoms with van der Waals surface area (Å²) in [4.78, 5) is 36.9. The number of anilines is 1. The summed E-state index contributed by atoms with van der Waals surface area (Å²) in [5.74, 6) is -2.65. The number of alkyl halides is 3. The van der Waals surface area contributed by atoms with Crippen LogP contribution in [0.2, 0.25) is 0 Å². The summed E-state index contributed by atoms with van der Waals surface area (Å²) in [7, 11) is 0.149. The number of nitrogens with zero attached hydrogens (tertiary/aromatic N) is 3. The predicted molar refractivity (Wildman–Crippen MR) is 123 cm³/mol. The van der Waals surface area contributed by atoms with Gasteiger partial charge in [0.2, 0.25) is 5.88 Å². The van der Waals surface area contributed by atoms with Crippen LogP contribution in [0.15, 0.2) is 40.2 Å². The zero-order valence-corrected chi connectivity index (χ0v) is 21.2. The van der Waals surface area contributed by atoms with Gasteiger partial charge in [0.05, 0.1) is 25.5 Å². The normalized spacial score (nSPS) is 13.3. The van der Waals surface area contributed by atoms with Crippen LogP contribution in [0, 0.1) is 0 Å². The fourth-order valence-electron chi connectivity index (χ4n) is 2.69. The van der Waals surface area contributed by atoms with Crippen molar-refractivity contribution in [2.45, 2.75) is 11.0 Å². The van der Waals surface area contributed by atoms with E-state index in [1.807, 2.05) is 5.43 Å². The minimum atomic E-state index is -4.86. The van der Waals surface area contributed by atoms with Crippen molar-refractivity contribution in [2.75, 3.05) is 46.9 Å². The van der Waals surface area contributed by atoms with Crippen LogP contribution in [0.1, 0.15) is 10.4 Å². The number of hydrazine groups is 2. The molecule has 0 radical (unpaired) electrons. The molecule has 0 fully saturated rings. The second-order valence-corrected chi connectivity index (χ2v) is 8.93. The Morgan fingerprint density at radius 1 is 1.18 bits per heavy atom. The first kappa shape index (κ1) is 29.8. The highest BCUT2D eigenvalue weighted by Crippen LogP contribution is 2.26. The number of carbonyl (C=O) groups excluding carboxylic acids is 3. The molecule has 1 aliphatic heterocycles. The number of urea groups is 1. The van der Waals surface area contributed by atoms with Crippen LogP contribution >= 0.6 is 0 Å². The van der Waals surface area contributed by atoms with E-state index in [1.165, 1.54) is 31.1 Å². The van der Waals surface area contributed by atoms with E-state index in [-0.39, 0.29) is 11.5 Å². The first-order chi connectivity index (χ1) is 17.7. The number of methoxy groups -OCH3 is 2. The number of likely N-dealkylation sites (N-methyl/N-ethyl adjacent to an activating group) is 1. The summed E-state index contributed by atoms with van der Waals surface area (Å²) in [6.45, 7) is -2.65. The number of halogens is 3. The van der Waals surface area contributed by atoms with Crippen LogP contribution in [0.4, 0.5) is 23.7 Å². The molecule has 15 nitrogen and oxygen atoms in total. The van der Waals surface area contributed by atoms with Gasteiger partial charge >= 0.3 is 24.1 Å². The molecule has 1 aromatic carbocycles. The molecule has 38 heavy (non-hydrogen) atoms. The van der Waals surface area contributed by atoms with Crippen LogP contribution in [-0.2, 0) is 29.0 Å². The number of esters is 2. The highest BCUT2D eigenvalue weighted by molar-refractivity contribution is 7.90. The summed E-state index contributed by atoms with van der Waals surface area (Å²) in [5.41, 5.74) is 3.25. The van der Waals surface area contributed by atoms with Gasteiger partial charge in [-0.3, -0.25) is 4.79 Å². The molecule has 0 saturated carbocycles. The lowest BCUT2D eigenvalue weighted by atomic mass is 10.2. The van der Waals surface area contributed by atoms with E-state index in [0.717, 1.165) is 26.4 Å². The summed E-state index contributed by atoms with van der Waals surface area (Å²) in [5, 5.41) is 6.74. The third-order valence-corrected chi connectivity index (χ3v) is 5.76. The summed E-state index contributed by atoms with van der Waals surface area (Å²) >= 11 is 0. The van der Waals surface area contributed by atoms with E-state index in [1.54, 1.807) is 4.72 Å². The van der Waals surface area contributed by atoms with E-state index < -0.39 is 63.7 Å². The fraction of sp³-hybridized carbons (Fsp3) is 0.368. The molecular weight excluding hydrogens is 543 g/mol. The Hall–Kier alpha value is -4.42. The Balaban J connectivity index is 2.32. The Kier molecular flexibility index (Phi) is 9.58. The van der Waals surface area contributed by atoms with Gasteiger partial charge in [-0.05, 0) is 12.1 Å². The highest BCUT2D eigenvalue weighted by Gasteiger charge is 2.35. The molecule has 4 N–H and O–H groups in total. The lowest BCUT2D eigenvalue weighted by molar-refractivity contribution is -0.230. The molecule has 0 bridgehead atoms. The molecule has 19 heteroatoms. The molecular formula is C19H24F3N7O8S. The number of hydrogen-bond acceptors (Lipinski definition) is 13. The van der Waals surface area contributed by atoms with Gasteiger partial charge in [0.15, 0.2) is 12.5 Å². The number of nitrogens with one attached hydrogen (secondary N) is 4.